The van der Waals surface area contributed by atoms with Crippen LogP contribution in [-0.2, 0) is 10.1 Å². The molecule has 1 N–H and O–H groups in total. The number of allylic oxidation sites excluding steroid dienone is 3. The first-order chi connectivity index (χ1) is 21.7. The Morgan fingerprint density at radius 2 is 1.47 bits per heavy atom. The van der Waals surface area contributed by atoms with Crippen molar-refractivity contribution in [3.8, 4) is 12.1 Å². The Balaban J connectivity index is 1.98. The molecular weight excluding hydrogens is 582 g/mol. The second-order valence-corrected chi connectivity index (χ2v) is 12.1. The maximum absolute atomic E-state index is 12.1. The molecule has 9 heteroatoms. The SMILES string of the molecule is CCN=C1C=C/C(=C(\c2ccc(N(CC)CC)cc2)c2ccc(N(CCC#N)CCC#N)cc2C)c2ccc(S(=O)(=O)O)cc21. The first-order valence-electron chi connectivity index (χ1n) is 15.2. The van der Waals surface area contributed by atoms with Crippen LogP contribution in [0.2, 0.25) is 0 Å². The van der Waals surface area contributed by atoms with Crippen LogP contribution in [0.15, 0.2) is 82.7 Å². The molecular formula is C36H39N5O3S. The van der Waals surface area contributed by atoms with E-state index in [1.807, 2.05) is 25.1 Å². The average Bonchev–Trinajstić information content (AvgIpc) is 3.03. The molecule has 45 heavy (non-hydrogen) atoms. The minimum Gasteiger partial charge on any atom is -0.372 e. The van der Waals surface area contributed by atoms with Crippen LogP contribution >= 0.6 is 0 Å². The zero-order chi connectivity index (χ0) is 32.6. The summed E-state index contributed by atoms with van der Waals surface area (Å²) in [5.74, 6) is 0. The van der Waals surface area contributed by atoms with Crippen LogP contribution in [-0.4, -0.2) is 51.4 Å². The number of benzene rings is 3. The first kappa shape index (κ1) is 33.2. The van der Waals surface area contributed by atoms with Crippen LogP contribution in [0.3, 0.4) is 0 Å². The van der Waals surface area contributed by atoms with E-state index in [1.165, 1.54) is 12.1 Å². The van der Waals surface area contributed by atoms with Crippen LogP contribution in [0, 0.1) is 29.6 Å². The molecule has 3 aromatic carbocycles. The minimum atomic E-state index is -4.41. The highest BCUT2D eigenvalue weighted by Gasteiger charge is 2.24. The van der Waals surface area contributed by atoms with Crippen LogP contribution in [0.4, 0.5) is 11.4 Å². The van der Waals surface area contributed by atoms with Gasteiger partial charge in [0.05, 0.1) is 35.6 Å². The third-order valence-corrected chi connectivity index (χ3v) is 8.83. The number of nitriles is 2. The molecule has 1 aliphatic rings. The van der Waals surface area contributed by atoms with Gasteiger partial charge in [0.1, 0.15) is 0 Å². The van der Waals surface area contributed by atoms with Gasteiger partial charge < -0.3 is 9.80 Å². The Morgan fingerprint density at radius 1 is 0.822 bits per heavy atom. The molecule has 0 spiro atoms. The number of aryl methyl sites for hydroxylation is 1. The lowest BCUT2D eigenvalue weighted by molar-refractivity contribution is 0.483. The maximum Gasteiger partial charge on any atom is 0.294 e. The Bertz CT molecular complexity index is 1810. The van der Waals surface area contributed by atoms with Gasteiger partial charge in [0.25, 0.3) is 10.1 Å². The van der Waals surface area contributed by atoms with E-state index in [4.69, 9.17) is 0 Å². The van der Waals surface area contributed by atoms with Gasteiger partial charge in [0.15, 0.2) is 0 Å². The van der Waals surface area contributed by atoms with Crippen LogP contribution < -0.4 is 9.80 Å². The van der Waals surface area contributed by atoms with Crippen LogP contribution in [0.25, 0.3) is 11.1 Å². The molecule has 0 radical (unpaired) electrons. The molecule has 232 valence electrons. The highest BCUT2D eigenvalue weighted by atomic mass is 32.2. The van der Waals surface area contributed by atoms with Crippen molar-refractivity contribution in [1.82, 2.24) is 0 Å². The smallest absolute Gasteiger partial charge is 0.294 e. The number of hydrogen-bond acceptors (Lipinski definition) is 7. The summed E-state index contributed by atoms with van der Waals surface area (Å²) in [4.78, 5) is 8.78. The number of aliphatic imine (C=N–C) groups is 1. The monoisotopic (exact) mass is 621 g/mol. The second kappa shape index (κ2) is 14.9. The highest BCUT2D eigenvalue weighted by Crippen LogP contribution is 2.40. The van der Waals surface area contributed by atoms with Crippen molar-refractivity contribution in [2.45, 2.75) is 45.4 Å². The van der Waals surface area contributed by atoms with E-state index in [-0.39, 0.29) is 4.90 Å². The van der Waals surface area contributed by atoms with Gasteiger partial charge in [0.2, 0.25) is 0 Å². The van der Waals surface area contributed by atoms with Crippen molar-refractivity contribution in [3.05, 3.63) is 101 Å². The van der Waals surface area contributed by atoms with Crippen molar-refractivity contribution in [1.29, 1.82) is 10.5 Å². The molecule has 8 nitrogen and oxygen atoms in total. The number of fused-ring (bicyclic) bond motifs is 1. The fourth-order valence-corrected chi connectivity index (χ4v) is 6.25. The molecule has 1 aliphatic carbocycles. The maximum atomic E-state index is 12.1. The summed E-state index contributed by atoms with van der Waals surface area (Å²) >= 11 is 0. The fraction of sp³-hybridized carbons (Fsp3) is 0.306. The standard InChI is InChI=1S/C36H39N5O3S/c1-5-39-35-19-18-33(32-17-15-30(25-34(32)35)45(42,43)44)36(27-10-12-28(13-11-27)40(6-2)7-3)31-16-14-29(24-26(31)4)41(22-8-20-37)23-9-21-38/h10-19,24-25H,5-9,22-23H2,1-4H3,(H,42,43,44)/b36-33-,39-35?. The first-order valence-corrected chi connectivity index (χ1v) is 16.6. The predicted octanol–water partition coefficient (Wildman–Crippen LogP) is 7.06. The molecule has 0 bridgehead atoms. The van der Waals surface area contributed by atoms with Gasteiger partial charge in [-0.25, -0.2) is 0 Å². The molecule has 0 aliphatic heterocycles. The number of hydrogen-bond donors (Lipinski definition) is 1. The van der Waals surface area contributed by atoms with Crippen LogP contribution in [0.1, 0.15) is 61.4 Å². The third-order valence-electron chi connectivity index (χ3n) is 7.98. The highest BCUT2D eigenvalue weighted by molar-refractivity contribution is 7.85. The van der Waals surface area contributed by atoms with Crippen molar-refractivity contribution < 1.29 is 13.0 Å². The summed E-state index contributed by atoms with van der Waals surface area (Å²) in [7, 11) is -4.41. The van der Waals surface area contributed by atoms with E-state index < -0.39 is 10.1 Å². The molecule has 0 saturated carbocycles. The largest absolute Gasteiger partial charge is 0.372 e. The number of rotatable bonds is 12. The molecule has 0 atom stereocenters. The summed E-state index contributed by atoms with van der Waals surface area (Å²) in [6, 6.07) is 23.7. The van der Waals surface area contributed by atoms with Gasteiger partial charge in [0, 0.05) is 49.7 Å². The van der Waals surface area contributed by atoms with E-state index in [0.29, 0.717) is 43.8 Å². The van der Waals surface area contributed by atoms with E-state index in [2.05, 4.69) is 84.1 Å². The summed E-state index contributed by atoms with van der Waals surface area (Å²) in [5.41, 5.74) is 9.04. The van der Waals surface area contributed by atoms with E-state index >= 15 is 0 Å². The van der Waals surface area contributed by atoms with Gasteiger partial charge in [-0.15, -0.1) is 0 Å². The van der Waals surface area contributed by atoms with Crippen molar-refractivity contribution in [3.63, 3.8) is 0 Å². The lowest BCUT2D eigenvalue weighted by Crippen LogP contribution is -2.25. The average molecular weight is 622 g/mol. The van der Waals surface area contributed by atoms with Crippen molar-refractivity contribution >= 4 is 38.4 Å². The Morgan fingerprint density at radius 3 is 2.02 bits per heavy atom. The summed E-state index contributed by atoms with van der Waals surface area (Å²) in [6.07, 6.45) is 4.63. The summed E-state index contributed by atoms with van der Waals surface area (Å²) in [5, 5.41) is 18.4. The fourth-order valence-electron chi connectivity index (χ4n) is 5.75. The number of nitrogens with zero attached hydrogens (tertiary/aromatic N) is 5. The Hall–Kier alpha value is -4.70. The lowest BCUT2D eigenvalue weighted by Gasteiger charge is -2.26. The topological polar surface area (TPSA) is 121 Å². The van der Waals surface area contributed by atoms with Gasteiger partial charge in [-0.2, -0.15) is 18.9 Å². The van der Waals surface area contributed by atoms with E-state index in [9.17, 15) is 23.5 Å². The van der Waals surface area contributed by atoms with Crippen molar-refractivity contribution in [2.75, 3.05) is 42.5 Å². The molecule has 0 saturated heterocycles. The summed E-state index contributed by atoms with van der Waals surface area (Å²) < 4.78 is 34.0. The second-order valence-electron chi connectivity index (χ2n) is 10.7. The Kier molecular flexibility index (Phi) is 11.0. The molecule has 0 fully saturated rings. The Labute approximate surface area is 267 Å². The van der Waals surface area contributed by atoms with Gasteiger partial charge in [-0.05, 0) is 104 Å². The third kappa shape index (κ3) is 7.51. The molecule has 0 heterocycles. The van der Waals surface area contributed by atoms with Crippen molar-refractivity contribution in [2.24, 2.45) is 4.99 Å². The molecule has 3 aromatic rings. The zero-order valence-corrected chi connectivity index (χ0v) is 27.1. The lowest BCUT2D eigenvalue weighted by atomic mass is 9.82. The van der Waals surface area contributed by atoms with Gasteiger partial charge in [-0.1, -0.05) is 30.3 Å². The predicted molar refractivity (Wildman–Crippen MR) is 182 cm³/mol. The van der Waals surface area contributed by atoms with Gasteiger partial charge in [-0.3, -0.25) is 9.55 Å². The summed E-state index contributed by atoms with van der Waals surface area (Å²) in [6.45, 7) is 11.6. The van der Waals surface area contributed by atoms with Crippen LogP contribution in [0.5, 0.6) is 0 Å². The van der Waals surface area contributed by atoms with Gasteiger partial charge >= 0.3 is 0 Å². The zero-order valence-electron chi connectivity index (χ0n) is 26.3. The number of anilines is 2. The molecule has 0 unspecified atom stereocenters. The van der Waals surface area contributed by atoms with E-state index in [1.54, 1.807) is 6.07 Å². The molecule has 4 rings (SSSR count). The molecule has 0 amide bonds. The quantitative estimate of drug-likeness (QED) is 0.215. The van der Waals surface area contributed by atoms with E-state index in [0.717, 1.165) is 57.9 Å². The minimum absolute atomic E-state index is 0.180. The molecule has 0 aromatic heterocycles. The normalized spacial score (nSPS) is 14.4.